The van der Waals surface area contributed by atoms with Crippen LogP contribution in [0.15, 0.2) is 58.3 Å². The van der Waals surface area contributed by atoms with Crippen molar-refractivity contribution in [3.63, 3.8) is 0 Å². The predicted molar refractivity (Wildman–Crippen MR) is 92.9 cm³/mol. The van der Waals surface area contributed by atoms with E-state index in [9.17, 15) is 9.59 Å². The minimum absolute atomic E-state index is 0.00850. The molecular formula is C18H14N4O3. The van der Waals surface area contributed by atoms with Crippen molar-refractivity contribution in [2.75, 3.05) is 0 Å². The number of rotatable bonds is 3. The van der Waals surface area contributed by atoms with Crippen LogP contribution in [0.5, 0.6) is 5.88 Å². The van der Waals surface area contributed by atoms with E-state index in [0.29, 0.717) is 22.4 Å². The molecule has 7 nitrogen and oxygen atoms in total. The average Bonchev–Trinajstić information content (AvgIpc) is 2.61. The van der Waals surface area contributed by atoms with E-state index in [2.05, 4.69) is 15.0 Å². The van der Waals surface area contributed by atoms with Gasteiger partial charge in [-0.25, -0.2) is 4.98 Å². The van der Waals surface area contributed by atoms with Gasteiger partial charge in [0.25, 0.3) is 11.1 Å². The molecule has 7 heteroatoms. The zero-order chi connectivity index (χ0) is 17.4. The Morgan fingerprint density at radius 3 is 2.84 bits per heavy atom. The average molecular weight is 334 g/mol. The molecule has 25 heavy (non-hydrogen) atoms. The number of ether oxygens (including phenoxy) is 1. The normalized spacial score (nSPS) is 11.1. The SMILES string of the molecule is Cc1cccn2c(=O)cc(OCc3nc4ccccc4c(=O)[nH]3)nc12. The summed E-state index contributed by atoms with van der Waals surface area (Å²) in [5.74, 6) is 0.561. The molecule has 0 bridgehead atoms. The number of benzene rings is 1. The van der Waals surface area contributed by atoms with Crippen molar-refractivity contribution in [2.24, 2.45) is 0 Å². The summed E-state index contributed by atoms with van der Waals surface area (Å²) in [6, 6.07) is 12.0. The van der Waals surface area contributed by atoms with Crippen LogP contribution in [0.25, 0.3) is 16.6 Å². The second-order valence-electron chi connectivity index (χ2n) is 5.64. The van der Waals surface area contributed by atoms with Crippen LogP contribution in [-0.2, 0) is 6.61 Å². The van der Waals surface area contributed by atoms with Crippen LogP contribution in [0.4, 0.5) is 0 Å². The van der Waals surface area contributed by atoms with Gasteiger partial charge in [0.1, 0.15) is 18.1 Å². The molecule has 0 spiro atoms. The molecule has 0 fully saturated rings. The Morgan fingerprint density at radius 1 is 1.12 bits per heavy atom. The maximum Gasteiger partial charge on any atom is 0.261 e. The van der Waals surface area contributed by atoms with Crippen LogP contribution < -0.4 is 15.9 Å². The van der Waals surface area contributed by atoms with Gasteiger partial charge in [0.2, 0.25) is 5.88 Å². The van der Waals surface area contributed by atoms with Gasteiger partial charge in [-0.05, 0) is 30.7 Å². The molecule has 0 saturated heterocycles. The Morgan fingerprint density at radius 2 is 1.96 bits per heavy atom. The first-order valence-electron chi connectivity index (χ1n) is 7.71. The number of hydrogen-bond donors (Lipinski definition) is 1. The Bertz CT molecular complexity index is 1210. The molecule has 0 aliphatic heterocycles. The number of nitrogens with zero attached hydrogens (tertiary/aromatic N) is 3. The van der Waals surface area contributed by atoms with Crippen LogP contribution >= 0.6 is 0 Å². The Kier molecular flexibility index (Phi) is 3.53. The topological polar surface area (TPSA) is 89.4 Å². The van der Waals surface area contributed by atoms with Gasteiger partial charge in [0.05, 0.1) is 17.0 Å². The number of aromatic amines is 1. The number of fused-ring (bicyclic) bond motifs is 2. The number of H-pyrrole nitrogens is 1. The van der Waals surface area contributed by atoms with Gasteiger partial charge >= 0.3 is 0 Å². The van der Waals surface area contributed by atoms with E-state index in [0.717, 1.165) is 5.56 Å². The lowest BCUT2D eigenvalue weighted by Gasteiger charge is -2.08. The summed E-state index contributed by atoms with van der Waals surface area (Å²) in [5, 5.41) is 0.518. The van der Waals surface area contributed by atoms with Crippen molar-refractivity contribution < 1.29 is 4.74 Å². The Hall–Kier alpha value is -3.48. The van der Waals surface area contributed by atoms with Crippen LogP contribution in [0.2, 0.25) is 0 Å². The minimum atomic E-state index is -0.233. The first-order chi connectivity index (χ1) is 12.1. The summed E-state index contributed by atoms with van der Waals surface area (Å²) < 4.78 is 7.04. The smallest absolute Gasteiger partial charge is 0.261 e. The number of nitrogens with one attached hydrogen (secondary N) is 1. The van der Waals surface area contributed by atoms with Crippen LogP contribution in [0, 0.1) is 6.92 Å². The number of hydrogen-bond acceptors (Lipinski definition) is 5. The zero-order valence-electron chi connectivity index (χ0n) is 13.4. The summed E-state index contributed by atoms with van der Waals surface area (Å²) >= 11 is 0. The van der Waals surface area contributed by atoms with E-state index in [4.69, 9.17) is 4.74 Å². The fraction of sp³-hybridized carbons (Fsp3) is 0.111. The fourth-order valence-corrected chi connectivity index (χ4v) is 2.66. The minimum Gasteiger partial charge on any atom is -0.469 e. The van der Waals surface area contributed by atoms with E-state index in [-0.39, 0.29) is 23.6 Å². The molecule has 0 radical (unpaired) electrons. The number of aryl methyl sites for hydroxylation is 1. The number of para-hydroxylation sites is 1. The highest BCUT2D eigenvalue weighted by Crippen LogP contribution is 2.11. The molecule has 3 aromatic heterocycles. The molecule has 1 N–H and O–H groups in total. The second kappa shape index (κ2) is 5.86. The lowest BCUT2D eigenvalue weighted by atomic mass is 10.2. The highest BCUT2D eigenvalue weighted by atomic mass is 16.5. The van der Waals surface area contributed by atoms with Crippen molar-refractivity contribution in [3.8, 4) is 5.88 Å². The summed E-state index contributed by atoms with van der Waals surface area (Å²) in [7, 11) is 0. The highest BCUT2D eigenvalue weighted by Gasteiger charge is 2.08. The van der Waals surface area contributed by atoms with Gasteiger partial charge in [-0.1, -0.05) is 18.2 Å². The molecular weight excluding hydrogens is 320 g/mol. The lowest BCUT2D eigenvalue weighted by Crippen LogP contribution is -2.17. The number of pyridine rings is 1. The van der Waals surface area contributed by atoms with E-state index >= 15 is 0 Å². The fourth-order valence-electron chi connectivity index (χ4n) is 2.66. The second-order valence-corrected chi connectivity index (χ2v) is 5.64. The summed E-state index contributed by atoms with van der Waals surface area (Å²) in [6.07, 6.45) is 1.66. The molecule has 0 aliphatic rings. The maximum atomic E-state index is 12.2. The van der Waals surface area contributed by atoms with Gasteiger partial charge in [0.15, 0.2) is 0 Å². The molecule has 1 aromatic carbocycles. The van der Waals surface area contributed by atoms with Crippen molar-refractivity contribution in [1.82, 2.24) is 19.4 Å². The van der Waals surface area contributed by atoms with E-state index in [1.54, 1.807) is 30.5 Å². The zero-order valence-corrected chi connectivity index (χ0v) is 13.4. The molecule has 0 unspecified atom stereocenters. The molecule has 0 aliphatic carbocycles. The maximum absolute atomic E-state index is 12.2. The Labute approximate surface area is 141 Å². The quantitative estimate of drug-likeness (QED) is 0.617. The van der Waals surface area contributed by atoms with Crippen molar-refractivity contribution >= 4 is 16.6 Å². The van der Waals surface area contributed by atoms with Gasteiger partial charge in [-0.3, -0.25) is 14.0 Å². The monoisotopic (exact) mass is 334 g/mol. The highest BCUT2D eigenvalue weighted by molar-refractivity contribution is 5.77. The largest absolute Gasteiger partial charge is 0.469 e. The molecule has 4 aromatic rings. The Balaban J connectivity index is 1.68. The molecule has 4 rings (SSSR count). The van der Waals surface area contributed by atoms with Crippen molar-refractivity contribution in [1.29, 1.82) is 0 Å². The summed E-state index contributed by atoms with van der Waals surface area (Å²) in [5.41, 5.74) is 1.52. The van der Waals surface area contributed by atoms with Gasteiger partial charge in [0, 0.05) is 6.20 Å². The van der Waals surface area contributed by atoms with Gasteiger partial charge < -0.3 is 9.72 Å². The molecule has 3 heterocycles. The third-order valence-electron chi connectivity index (χ3n) is 3.88. The van der Waals surface area contributed by atoms with Crippen molar-refractivity contribution in [2.45, 2.75) is 13.5 Å². The van der Waals surface area contributed by atoms with E-state index in [1.807, 2.05) is 19.1 Å². The van der Waals surface area contributed by atoms with E-state index in [1.165, 1.54) is 10.5 Å². The molecule has 0 atom stereocenters. The first-order valence-corrected chi connectivity index (χ1v) is 7.71. The lowest BCUT2D eigenvalue weighted by molar-refractivity contribution is 0.284. The predicted octanol–water partition coefficient (Wildman–Crippen LogP) is 1.82. The van der Waals surface area contributed by atoms with Crippen molar-refractivity contribution in [3.05, 3.63) is 80.8 Å². The van der Waals surface area contributed by atoms with E-state index < -0.39 is 0 Å². The van der Waals surface area contributed by atoms with Gasteiger partial charge in [-0.2, -0.15) is 4.98 Å². The van der Waals surface area contributed by atoms with Crippen LogP contribution in [-0.4, -0.2) is 19.4 Å². The molecule has 124 valence electrons. The first kappa shape index (κ1) is 15.1. The van der Waals surface area contributed by atoms with Crippen LogP contribution in [0.1, 0.15) is 11.4 Å². The molecule has 0 amide bonds. The van der Waals surface area contributed by atoms with Crippen LogP contribution in [0.3, 0.4) is 0 Å². The summed E-state index contributed by atoms with van der Waals surface area (Å²) in [6.45, 7) is 1.88. The number of aromatic nitrogens is 4. The third-order valence-corrected chi connectivity index (χ3v) is 3.88. The molecule has 0 saturated carbocycles. The van der Waals surface area contributed by atoms with Gasteiger partial charge in [-0.15, -0.1) is 0 Å². The third kappa shape index (κ3) is 2.76. The standard InChI is InChI=1S/C18H14N4O3/c1-11-5-4-8-22-16(23)9-15(21-17(11)22)25-10-14-19-13-7-3-2-6-12(13)18(24)20-14/h2-9H,10H2,1H3,(H,19,20,24). The summed E-state index contributed by atoms with van der Waals surface area (Å²) in [4.78, 5) is 35.6.